The van der Waals surface area contributed by atoms with Crippen LogP contribution in [0.4, 0.5) is 0 Å². The van der Waals surface area contributed by atoms with Crippen molar-refractivity contribution in [1.29, 1.82) is 0 Å². The molecule has 5 rings (SSSR count). The second-order valence-electron chi connectivity index (χ2n) is 6.86. The fourth-order valence-corrected chi connectivity index (χ4v) is 4.46. The minimum Gasteiger partial charge on any atom is -0.0763 e. The van der Waals surface area contributed by atoms with Gasteiger partial charge in [-0.1, -0.05) is 78.9 Å². The van der Waals surface area contributed by atoms with E-state index in [-0.39, 0.29) is 0 Å². The largest absolute Gasteiger partial charge is 0.0763 e. The fraction of sp³-hybridized carbons (Fsp3) is 0.167. The first kappa shape index (κ1) is 13.8. The van der Waals surface area contributed by atoms with Crippen molar-refractivity contribution < 1.29 is 0 Å². The van der Waals surface area contributed by atoms with E-state index in [0.717, 1.165) is 12.8 Å². The van der Waals surface area contributed by atoms with Gasteiger partial charge in [-0.05, 0) is 58.2 Å². The summed E-state index contributed by atoms with van der Waals surface area (Å²) in [7, 11) is 0. The monoisotopic (exact) mass is 308 g/mol. The molecule has 116 valence electrons. The Morgan fingerprint density at radius 1 is 0.667 bits per heavy atom. The van der Waals surface area contributed by atoms with Gasteiger partial charge in [0.1, 0.15) is 0 Å². The minimum absolute atomic E-state index is 0.533. The molecule has 0 aromatic heterocycles. The van der Waals surface area contributed by atoms with E-state index < -0.39 is 0 Å². The SMILES string of the molecule is C1=C(CCC2c3ccccc3-c3ccccc32)c2ccccc2C1. The van der Waals surface area contributed by atoms with Gasteiger partial charge in [-0.15, -0.1) is 0 Å². The quantitative estimate of drug-likeness (QED) is 0.539. The van der Waals surface area contributed by atoms with Crippen LogP contribution in [0.15, 0.2) is 78.9 Å². The molecule has 2 aliphatic carbocycles. The fourth-order valence-electron chi connectivity index (χ4n) is 4.46. The zero-order chi connectivity index (χ0) is 15.9. The topological polar surface area (TPSA) is 0 Å². The van der Waals surface area contributed by atoms with Crippen molar-refractivity contribution in [3.05, 3.63) is 101 Å². The number of fused-ring (bicyclic) bond motifs is 4. The zero-order valence-electron chi connectivity index (χ0n) is 13.7. The Kier molecular flexibility index (Phi) is 3.16. The molecule has 0 nitrogen and oxygen atoms in total. The van der Waals surface area contributed by atoms with Gasteiger partial charge in [0.15, 0.2) is 0 Å². The zero-order valence-corrected chi connectivity index (χ0v) is 13.7. The van der Waals surface area contributed by atoms with Gasteiger partial charge in [0.25, 0.3) is 0 Å². The van der Waals surface area contributed by atoms with Crippen LogP contribution in [0.5, 0.6) is 0 Å². The Morgan fingerprint density at radius 3 is 1.96 bits per heavy atom. The summed E-state index contributed by atoms with van der Waals surface area (Å²) < 4.78 is 0. The molecule has 0 unspecified atom stereocenters. The average Bonchev–Trinajstić information content (AvgIpc) is 3.19. The Morgan fingerprint density at radius 2 is 1.25 bits per heavy atom. The van der Waals surface area contributed by atoms with Gasteiger partial charge in [-0.2, -0.15) is 0 Å². The molecule has 0 bridgehead atoms. The lowest BCUT2D eigenvalue weighted by molar-refractivity contribution is 0.752. The van der Waals surface area contributed by atoms with Crippen LogP contribution >= 0.6 is 0 Å². The maximum absolute atomic E-state index is 2.43. The van der Waals surface area contributed by atoms with Crippen molar-refractivity contribution in [2.75, 3.05) is 0 Å². The van der Waals surface area contributed by atoms with E-state index in [4.69, 9.17) is 0 Å². The van der Waals surface area contributed by atoms with E-state index >= 15 is 0 Å². The smallest absolute Gasteiger partial charge is 0.0105 e. The molecule has 0 fully saturated rings. The van der Waals surface area contributed by atoms with Crippen LogP contribution in [-0.4, -0.2) is 0 Å². The first-order chi connectivity index (χ1) is 11.9. The normalized spacial score (nSPS) is 14.9. The van der Waals surface area contributed by atoms with Gasteiger partial charge in [0, 0.05) is 5.92 Å². The minimum atomic E-state index is 0.533. The van der Waals surface area contributed by atoms with Crippen molar-refractivity contribution in [3.63, 3.8) is 0 Å². The van der Waals surface area contributed by atoms with Gasteiger partial charge in [-0.3, -0.25) is 0 Å². The molecule has 3 aromatic rings. The van der Waals surface area contributed by atoms with E-state index in [9.17, 15) is 0 Å². The third-order valence-electron chi connectivity index (χ3n) is 5.60. The number of hydrogen-bond donors (Lipinski definition) is 0. The molecule has 0 N–H and O–H groups in total. The Balaban J connectivity index is 1.46. The molecular formula is C24H20. The molecule has 0 atom stereocenters. The van der Waals surface area contributed by atoms with Crippen molar-refractivity contribution in [1.82, 2.24) is 0 Å². The molecule has 0 saturated heterocycles. The lowest BCUT2D eigenvalue weighted by Crippen LogP contribution is -1.97. The van der Waals surface area contributed by atoms with Gasteiger partial charge in [0.2, 0.25) is 0 Å². The second kappa shape index (κ2) is 5.49. The third kappa shape index (κ3) is 2.06. The molecule has 0 radical (unpaired) electrons. The highest BCUT2D eigenvalue weighted by Gasteiger charge is 2.28. The number of allylic oxidation sites excluding steroid dienone is 2. The van der Waals surface area contributed by atoms with Crippen molar-refractivity contribution in [2.24, 2.45) is 0 Å². The van der Waals surface area contributed by atoms with Crippen molar-refractivity contribution in [3.8, 4) is 11.1 Å². The van der Waals surface area contributed by atoms with Crippen LogP contribution in [-0.2, 0) is 6.42 Å². The average molecular weight is 308 g/mol. The summed E-state index contributed by atoms with van der Waals surface area (Å²) in [5.41, 5.74) is 10.4. The molecule has 24 heavy (non-hydrogen) atoms. The highest BCUT2D eigenvalue weighted by atomic mass is 14.3. The van der Waals surface area contributed by atoms with Crippen LogP contribution in [0.2, 0.25) is 0 Å². The van der Waals surface area contributed by atoms with Crippen LogP contribution < -0.4 is 0 Å². The molecule has 0 spiro atoms. The third-order valence-corrected chi connectivity index (χ3v) is 5.60. The molecule has 0 heterocycles. The Labute approximate surface area is 143 Å². The molecule has 3 aromatic carbocycles. The maximum Gasteiger partial charge on any atom is 0.0105 e. The second-order valence-corrected chi connectivity index (χ2v) is 6.86. The lowest BCUT2D eigenvalue weighted by atomic mass is 9.89. The van der Waals surface area contributed by atoms with Crippen LogP contribution in [0, 0.1) is 0 Å². The van der Waals surface area contributed by atoms with Crippen LogP contribution in [0.25, 0.3) is 16.7 Å². The Hall–Kier alpha value is -2.60. The number of hydrogen-bond acceptors (Lipinski definition) is 0. The number of benzene rings is 3. The first-order valence-corrected chi connectivity index (χ1v) is 8.87. The van der Waals surface area contributed by atoms with Crippen molar-refractivity contribution in [2.45, 2.75) is 25.2 Å². The molecular weight excluding hydrogens is 288 g/mol. The summed E-state index contributed by atoms with van der Waals surface area (Å²) in [5.74, 6) is 0.533. The summed E-state index contributed by atoms with van der Waals surface area (Å²) in [6, 6.07) is 26.7. The van der Waals surface area contributed by atoms with Gasteiger partial charge < -0.3 is 0 Å². The summed E-state index contributed by atoms with van der Waals surface area (Å²) >= 11 is 0. The summed E-state index contributed by atoms with van der Waals surface area (Å²) in [6.07, 6.45) is 5.87. The van der Waals surface area contributed by atoms with Crippen molar-refractivity contribution >= 4 is 5.57 Å². The van der Waals surface area contributed by atoms with E-state index in [1.54, 1.807) is 0 Å². The summed E-state index contributed by atoms with van der Waals surface area (Å²) in [5, 5.41) is 0. The predicted molar refractivity (Wildman–Crippen MR) is 101 cm³/mol. The predicted octanol–water partition coefficient (Wildman–Crippen LogP) is 6.22. The molecule has 0 amide bonds. The van der Waals surface area contributed by atoms with E-state index in [2.05, 4.69) is 78.9 Å². The first-order valence-electron chi connectivity index (χ1n) is 8.87. The van der Waals surface area contributed by atoms with Gasteiger partial charge >= 0.3 is 0 Å². The Bertz CT molecular complexity index is 900. The summed E-state index contributed by atoms with van der Waals surface area (Å²) in [6.45, 7) is 0. The van der Waals surface area contributed by atoms with E-state index in [1.165, 1.54) is 45.4 Å². The maximum atomic E-state index is 2.43. The van der Waals surface area contributed by atoms with Crippen LogP contribution in [0.3, 0.4) is 0 Å². The highest BCUT2D eigenvalue weighted by Crippen LogP contribution is 2.47. The van der Waals surface area contributed by atoms with Crippen LogP contribution in [0.1, 0.15) is 41.0 Å². The molecule has 0 aliphatic heterocycles. The molecule has 0 saturated carbocycles. The standard InChI is InChI=1S/C24H20/c1-2-8-19-17(7-1)13-14-18(19)15-16-24-22-11-5-3-9-20(22)21-10-4-6-12-23(21)24/h1-12,14,24H,13,15-16H2. The molecule has 2 aliphatic rings. The van der Waals surface area contributed by atoms with E-state index in [1.807, 2.05) is 0 Å². The number of rotatable bonds is 3. The van der Waals surface area contributed by atoms with Gasteiger partial charge in [-0.25, -0.2) is 0 Å². The lowest BCUT2D eigenvalue weighted by Gasteiger charge is -2.14. The van der Waals surface area contributed by atoms with E-state index in [0.29, 0.717) is 5.92 Å². The molecule has 0 heteroatoms. The summed E-state index contributed by atoms with van der Waals surface area (Å²) in [4.78, 5) is 0. The van der Waals surface area contributed by atoms with Gasteiger partial charge in [0.05, 0.1) is 0 Å². The highest BCUT2D eigenvalue weighted by molar-refractivity contribution is 5.79.